The van der Waals surface area contributed by atoms with E-state index in [1.807, 2.05) is 13.1 Å². The molecule has 2 rings (SSSR count). The number of aromatic nitrogens is 2. The molecule has 4 heteroatoms. The van der Waals surface area contributed by atoms with E-state index < -0.39 is 0 Å². The van der Waals surface area contributed by atoms with E-state index >= 15 is 0 Å². The maximum atomic E-state index is 5.77. The summed E-state index contributed by atoms with van der Waals surface area (Å²) in [6.07, 6.45) is 8.81. The van der Waals surface area contributed by atoms with Gasteiger partial charge in [0.15, 0.2) is 5.75 Å². The summed E-state index contributed by atoms with van der Waals surface area (Å²) in [7, 11) is 0. The Kier molecular flexibility index (Phi) is 2.72. The second-order valence-electron chi connectivity index (χ2n) is 3.92. The predicted molar refractivity (Wildman–Crippen MR) is 54.0 cm³/mol. The van der Waals surface area contributed by atoms with Crippen molar-refractivity contribution in [2.45, 2.75) is 44.9 Å². The average Bonchev–Trinajstić information content (AvgIpc) is 2.75. The Morgan fingerprint density at radius 2 is 2.29 bits per heavy atom. The fourth-order valence-electron chi connectivity index (χ4n) is 1.80. The van der Waals surface area contributed by atoms with Crippen molar-refractivity contribution in [3.8, 4) is 5.75 Å². The molecule has 1 aromatic rings. The van der Waals surface area contributed by atoms with Crippen LogP contribution in [0.5, 0.6) is 5.75 Å². The molecule has 1 aliphatic rings. The van der Waals surface area contributed by atoms with Gasteiger partial charge in [-0.3, -0.25) is 4.68 Å². The van der Waals surface area contributed by atoms with E-state index in [2.05, 4.69) is 5.10 Å². The molecule has 0 amide bonds. The summed E-state index contributed by atoms with van der Waals surface area (Å²) < 4.78 is 7.48. The first-order valence-corrected chi connectivity index (χ1v) is 5.22. The van der Waals surface area contributed by atoms with Crippen molar-refractivity contribution in [2.24, 2.45) is 5.73 Å². The minimum Gasteiger partial charge on any atom is -0.487 e. The van der Waals surface area contributed by atoms with Crippen LogP contribution in [0, 0.1) is 0 Å². The second-order valence-corrected chi connectivity index (χ2v) is 3.92. The molecule has 0 saturated heterocycles. The van der Waals surface area contributed by atoms with Gasteiger partial charge in [0, 0.05) is 0 Å². The Morgan fingerprint density at radius 3 is 2.86 bits per heavy atom. The number of hydrogen-bond acceptors (Lipinski definition) is 3. The molecule has 1 unspecified atom stereocenters. The Hall–Kier alpha value is -1.03. The van der Waals surface area contributed by atoms with Gasteiger partial charge in [-0.05, 0) is 32.6 Å². The standard InChI is InChI=1S/C10H17N3O/c1-8(11)13-7-10(6-12-13)14-9-4-2-3-5-9/h6-9H,2-5,11H2,1H3. The van der Waals surface area contributed by atoms with Crippen LogP contribution in [0.1, 0.15) is 38.8 Å². The highest BCUT2D eigenvalue weighted by molar-refractivity contribution is 5.12. The molecule has 78 valence electrons. The van der Waals surface area contributed by atoms with Gasteiger partial charge in [-0.15, -0.1) is 0 Å². The maximum Gasteiger partial charge on any atom is 0.157 e. The van der Waals surface area contributed by atoms with Crippen LogP contribution in [0.4, 0.5) is 0 Å². The summed E-state index contributed by atoms with van der Waals surface area (Å²) in [4.78, 5) is 0. The first kappa shape index (κ1) is 9.52. The van der Waals surface area contributed by atoms with E-state index in [1.54, 1.807) is 10.9 Å². The lowest BCUT2D eigenvalue weighted by molar-refractivity contribution is 0.209. The fraction of sp³-hybridized carbons (Fsp3) is 0.700. The lowest BCUT2D eigenvalue weighted by Crippen LogP contribution is -2.14. The zero-order valence-corrected chi connectivity index (χ0v) is 8.52. The third-order valence-electron chi connectivity index (χ3n) is 2.60. The van der Waals surface area contributed by atoms with Crippen molar-refractivity contribution in [1.82, 2.24) is 9.78 Å². The van der Waals surface area contributed by atoms with Gasteiger partial charge in [0.25, 0.3) is 0 Å². The van der Waals surface area contributed by atoms with Crippen LogP contribution >= 0.6 is 0 Å². The predicted octanol–water partition coefficient (Wildman–Crippen LogP) is 1.68. The van der Waals surface area contributed by atoms with Gasteiger partial charge in [-0.25, -0.2) is 0 Å². The van der Waals surface area contributed by atoms with Gasteiger partial charge < -0.3 is 10.5 Å². The van der Waals surface area contributed by atoms with E-state index in [1.165, 1.54) is 25.7 Å². The van der Waals surface area contributed by atoms with Crippen molar-refractivity contribution in [3.63, 3.8) is 0 Å². The monoisotopic (exact) mass is 195 g/mol. The quantitative estimate of drug-likeness (QED) is 0.798. The highest BCUT2D eigenvalue weighted by Gasteiger charge is 2.17. The molecule has 1 saturated carbocycles. The lowest BCUT2D eigenvalue weighted by atomic mass is 10.3. The molecule has 0 aromatic carbocycles. The van der Waals surface area contributed by atoms with Crippen LogP contribution in [0.15, 0.2) is 12.4 Å². The molecule has 0 spiro atoms. The van der Waals surface area contributed by atoms with Crippen molar-refractivity contribution in [3.05, 3.63) is 12.4 Å². The van der Waals surface area contributed by atoms with Crippen LogP contribution < -0.4 is 10.5 Å². The van der Waals surface area contributed by atoms with E-state index in [0.717, 1.165) is 5.75 Å². The van der Waals surface area contributed by atoms with Gasteiger partial charge in [0.05, 0.1) is 24.7 Å². The molecular weight excluding hydrogens is 178 g/mol. The molecule has 0 radical (unpaired) electrons. The maximum absolute atomic E-state index is 5.77. The largest absolute Gasteiger partial charge is 0.487 e. The van der Waals surface area contributed by atoms with Gasteiger partial charge in [-0.2, -0.15) is 5.10 Å². The molecule has 1 atom stereocenters. The summed E-state index contributed by atoms with van der Waals surface area (Å²) in [6, 6.07) is 0. The molecule has 1 fully saturated rings. The minimum absolute atomic E-state index is 0.0871. The average molecular weight is 195 g/mol. The zero-order chi connectivity index (χ0) is 9.97. The van der Waals surface area contributed by atoms with Gasteiger partial charge in [0.1, 0.15) is 0 Å². The molecule has 4 nitrogen and oxygen atoms in total. The summed E-state index contributed by atoms with van der Waals surface area (Å²) >= 11 is 0. The number of rotatable bonds is 3. The van der Waals surface area contributed by atoms with Crippen molar-refractivity contribution in [2.75, 3.05) is 0 Å². The van der Waals surface area contributed by atoms with Gasteiger partial charge in [-0.1, -0.05) is 0 Å². The fourth-order valence-corrected chi connectivity index (χ4v) is 1.80. The molecule has 0 aliphatic heterocycles. The zero-order valence-electron chi connectivity index (χ0n) is 8.52. The molecule has 14 heavy (non-hydrogen) atoms. The Bertz CT molecular complexity index is 289. The molecule has 1 aliphatic carbocycles. The summed E-state index contributed by atoms with van der Waals surface area (Å²) in [5.41, 5.74) is 5.68. The van der Waals surface area contributed by atoms with Crippen LogP contribution in [-0.2, 0) is 0 Å². The number of hydrogen-bond donors (Lipinski definition) is 1. The van der Waals surface area contributed by atoms with E-state index in [-0.39, 0.29) is 6.17 Å². The SMILES string of the molecule is CC(N)n1cc(OC2CCCC2)cn1. The van der Waals surface area contributed by atoms with E-state index in [0.29, 0.717) is 6.10 Å². The lowest BCUT2D eigenvalue weighted by Gasteiger charge is -2.10. The van der Waals surface area contributed by atoms with Crippen molar-refractivity contribution in [1.29, 1.82) is 0 Å². The highest BCUT2D eigenvalue weighted by Crippen LogP contribution is 2.23. The van der Waals surface area contributed by atoms with E-state index in [9.17, 15) is 0 Å². The summed E-state index contributed by atoms with van der Waals surface area (Å²) in [6.45, 7) is 1.90. The third kappa shape index (κ3) is 2.07. The minimum atomic E-state index is -0.0871. The van der Waals surface area contributed by atoms with Crippen LogP contribution in [0.2, 0.25) is 0 Å². The second kappa shape index (κ2) is 4.00. The van der Waals surface area contributed by atoms with Gasteiger partial charge in [0.2, 0.25) is 0 Å². The number of nitrogens with two attached hydrogens (primary N) is 1. The first-order valence-electron chi connectivity index (χ1n) is 5.22. The molecule has 1 heterocycles. The first-order chi connectivity index (χ1) is 6.75. The number of nitrogens with zero attached hydrogens (tertiary/aromatic N) is 2. The van der Waals surface area contributed by atoms with Crippen molar-refractivity contribution < 1.29 is 4.74 Å². The Morgan fingerprint density at radius 1 is 1.57 bits per heavy atom. The molecular formula is C10H17N3O. The molecule has 1 aromatic heterocycles. The Labute approximate surface area is 84.0 Å². The normalized spacial score (nSPS) is 19.9. The van der Waals surface area contributed by atoms with Crippen LogP contribution in [0.25, 0.3) is 0 Å². The third-order valence-corrected chi connectivity index (χ3v) is 2.60. The van der Waals surface area contributed by atoms with Crippen LogP contribution in [0.3, 0.4) is 0 Å². The summed E-state index contributed by atoms with van der Waals surface area (Å²) in [5.74, 6) is 0.842. The van der Waals surface area contributed by atoms with E-state index in [4.69, 9.17) is 10.5 Å². The van der Waals surface area contributed by atoms with Crippen molar-refractivity contribution >= 4 is 0 Å². The Balaban J connectivity index is 1.95. The summed E-state index contributed by atoms with van der Waals surface area (Å²) in [5, 5.41) is 4.12. The topological polar surface area (TPSA) is 53.1 Å². The number of ether oxygens (including phenoxy) is 1. The van der Waals surface area contributed by atoms with Crippen LogP contribution in [-0.4, -0.2) is 15.9 Å². The molecule has 0 bridgehead atoms. The highest BCUT2D eigenvalue weighted by atomic mass is 16.5. The molecule has 2 N–H and O–H groups in total. The van der Waals surface area contributed by atoms with Gasteiger partial charge >= 0.3 is 0 Å². The smallest absolute Gasteiger partial charge is 0.157 e.